The van der Waals surface area contributed by atoms with Gasteiger partial charge in [0.25, 0.3) is 5.91 Å². The maximum absolute atomic E-state index is 12.8. The number of ether oxygens (including phenoxy) is 1. The zero-order valence-electron chi connectivity index (χ0n) is 15.3. The number of carbonyl (C=O) groups excluding carboxylic acids is 1. The Hall–Kier alpha value is -1.95. The minimum Gasteiger partial charge on any atom is -0.496 e. The number of benzene rings is 1. The summed E-state index contributed by atoms with van der Waals surface area (Å²) in [6.45, 7) is 3.27. The van der Waals surface area contributed by atoms with Crippen molar-refractivity contribution in [2.75, 3.05) is 44.8 Å². The van der Waals surface area contributed by atoms with Crippen molar-refractivity contribution in [1.82, 2.24) is 10.2 Å². The standard InChI is InChI=1S/C19H30N4O2/c1-21-17-10-18(25-2)15(9-16(17)20)19(24)22-14-5-3-4-8-23(12-14)11-13-6-7-13/h9-10,13-14,21H,3-8,11-12,20H2,1-2H3,(H,22,24)/t14-/m1/s1. The van der Waals surface area contributed by atoms with Gasteiger partial charge in [-0.25, -0.2) is 0 Å². The molecule has 25 heavy (non-hydrogen) atoms. The molecule has 1 aliphatic carbocycles. The van der Waals surface area contributed by atoms with E-state index in [9.17, 15) is 4.79 Å². The van der Waals surface area contributed by atoms with Crippen molar-refractivity contribution in [3.8, 4) is 5.75 Å². The van der Waals surface area contributed by atoms with Gasteiger partial charge in [-0.15, -0.1) is 0 Å². The number of nitrogens with two attached hydrogens (primary N) is 1. The van der Waals surface area contributed by atoms with Crippen LogP contribution in [-0.2, 0) is 0 Å². The second kappa shape index (κ2) is 7.95. The first-order valence-corrected chi connectivity index (χ1v) is 9.29. The minimum absolute atomic E-state index is 0.107. The van der Waals surface area contributed by atoms with Gasteiger partial charge >= 0.3 is 0 Å². The van der Waals surface area contributed by atoms with E-state index >= 15 is 0 Å². The van der Waals surface area contributed by atoms with Crippen molar-refractivity contribution >= 4 is 17.3 Å². The highest BCUT2D eigenvalue weighted by molar-refractivity contribution is 5.99. The number of amides is 1. The summed E-state index contributed by atoms with van der Waals surface area (Å²) in [5.41, 5.74) is 7.83. The van der Waals surface area contributed by atoms with Crippen LogP contribution in [0.25, 0.3) is 0 Å². The third-order valence-electron chi connectivity index (χ3n) is 5.19. The molecule has 1 atom stereocenters. The lowest BCUT2D eigenvalue weighted by molar-refractivity contribution is 0.0923. The van der Waals surface area contributed by atoms with Gasteiger partial charge in [-0.05, 0) is 44.2 Å². The molecule has 2 aliphatic rings. The van der Waals surface area contributed by atoms with Gasteiger partial charge in [0.2, 0.25) is 0 Å². The number of hydrogen-bond donors (Lipinski definition) is 3. The number of anilines is 2. The van der Waals surface area contributed by atoms with Crippen LogP contribution < -0.4 is 21.1 Å². The molecule has 0 spiro atoms. The first kappa shape index (κ1) is 17.9. The van der Waals surface area contributed by atoms with E-state index in [0.717, 1.165) is 37.5 Å². The second-order valence-corrected chi connectivity index (χ2v) is 7.26. The van der Waals surface area contributed by atoms with E-state index in [2.05, 4.69) is 15.5 Å². The Balaban J connectivity index is 1.68. The fraction of sp³-hybridized carbons (Fsp3) is 0.632. The summed E-state index contributed by atoms with van der Waals surface area (Å²) in [6.07, 6.45) is 6.12. The molecule has 1 aromatic carbocycles. The normalized spacial score (nSPS) is 21.4. The fourth-order valence-electron chi connectivity index (χ4n) is 3.59. The summed E-state index contributed by atoms with van der Waals surface area (Å²) in [7, 11) is 3.37. The number of nitrogen functional groups attached to an aromatic ring is 1. The Morgan fingerprint density at radius 1 is 1.32 bits per heavy atom. The molecule has 1 saturated carbocycles. The van der Waals surface area contributed by atoms with Crippen LogP contribution in [0.2, 0.25) is 0 Å². The highest BCUT2D eigenvalue weighted by Crippen LogP contribution is 2.31. The molecule has 6 nitrogen and oxygen atoms in total. The lowest BCUT2D eigenvalue weighted by Gasteiger charge is -2.25. The van der Waals surface area contributed by atoms with Crippen LogP contribution in [0.3, 0.4) is 0 Å². The van der Waals surface area contributed by atoms with Gasteiger partial charge in [0, 0.05) is 32.2 Å². The van der Waals surface area contributed by atoms with Crippen LogP contribution >= 0.6 is 0 Å². The SMILES string of the molecule is CNc1cc(OC)c(C(=O)N[C@@H]2CCCCN(CC3CC3)C2)cc1N. The monoisotopic (exact) mass is 346 g/mol. The zero-order valence-corrected chi connectivity index (χ0v) is 15.3. The number of methoxy groups -OCH3 is 1. The van der Waals surface area contributed by atoms with Gasteiger partial charge in [0.05, 0.1) is 24.0 Å². The topological polar surface area (TPSA) is 79.6 Å². The predicted octanol–water partition coefficient (Wildman–Crippen LogP) is 2.31. The Morgan fingerprint density at radius 3 is 2.80 bits per heavy atom. The quantitative estimate of drug-likeness (QED) is 0.689. The molecule has 3 rings (SSSR count). The van der Waals surface area contributed by atoms with E-state index in [0.29, 0.717) is 17.0 Å². The summed E-state index contributed by atoms with van der Waals surface area (Å²) in [5, 5.41) is 6.21. The third-order valence-corrected chi connectivity index (χ3v) is 5.19. The van der Waals surface area contributed by atoms with Gasteiger partial charge in [-0.1, -0.05) is 6.42 Å². The van der Waals surface area contributed by atoms with Crippen LogP contribution in [0, 0.1) is 5.92 Å². The average Bonchev–Trinajstić information content (AvgIpc) is 3.43. The first-order valence-electron chi connectivity index (χ1n) is 9.29. The average molecular weight is 346 g/mol. The Morgan fingerprint density at radius 2 is 2.12 bits per heavy atom. The summed E-state index contributed by atoms with van der Waals surface area (Å²) in [5.74, 6) is 1.31. The number of nitrogens with zero attached hydrogens (tertiary/aromatic N) is 1. The number of carbonyl (C=O) groups is 1. The van der Waals surface area contributed by atoms with E-state index < -0.39 is 0 Å². The number of rotatable bonds is 6. The van der Waals surface area contributed by atoms with E-state index in [1.807, 2.05) is 0 Å². The van der Waals surface area contributed by atoms with Crippen molar-refractivity contribution in [3.05, 3.63) is 17.7 Å². The molecule has 138 valence electrons. The Kier molecular flexibility index (Phi) is 5.68. The molecule has 0 aromatic heterocycles. The number of hydrogen-bond acceptors (Lipinski definition) is 5. The molecule has 2 fully saturated rings. The van der Waals surface area contributed by atoms with Gasteiger partial charge in [0.1, 0.15) is 5.75 Å². The van der Waals surface area contributed by atoms with Gasteiger partial charge < -0.3 is 26.0 Å². The van der Waals surface area contributed by atoms with E-state index in [-0.39, 0.29) is 11.9 Å². The Bertz CT molecular complexity index is 616. The minimum atomic E-state index is -0.107. The van der Waals surface area contributed by atoms with Crippen molar-refractivity contribution in [2.24, 2.45) is 5.92 Å². The predicted molar refractivity (Wildman–Crippen MR) is 101 cm³/mol. The van der Waals surface area contributed by atoms with Gasteiger partial charge in [-0.3, -0.25) is 4.79 Å². The molecular formula is C19H30N4O2. The molecule has 1 aromatic rings. The molecule has 1 aliphatic heterocycles. The largest absolute Gasteiger partial charge is 0.496 e. The molecular weight excluding hydrogens is 316 g/mol. The van der Waals surface area contributed by atoms with Crippen molar-refractivity contribution < 1.29 is 9.53 Å². The summed E-state index contributed by atoms with van der Waals surface area (Å²) in [4.78, 5) is 15.3. The maximum atomic E-state index is 12.8. The van der Waals surface area contributed by atoms with Crippen LogP contribution in [0.15, 0.2) is 12.1 Å². The van der Waals surface area contributed by atoms with Crippen molar-refractivity contribution in [2.45, 2.75) is 38.1 Å². The molecule has 0 bridgehead atoms. The van der Waals surface area contributed by atoms with E-state index in [1.54, 1.807) is 26.3 Å². The number of likely N-dealkylation sites (tertiary alicyclic amines) is 1. The van der Waals surface area contributed by atoms with Gasteiger partial charge in [-0.2, -0.15) is 0 Å². The lowest BCUT2D eigenvalue weighted by atomic mass is 10.1. The number of nitrogens with one attached hydrogen (secondary N) is 2. The fourth-order valence-corrected chi connectivity index (χ4v) is 3.59. The highest BCUT2D eigenvalue weighted by Gasteiger charge is 2.27. The molecule has 4 N–H and O–H groups in total. The van der Waals surface area contributed by atoms with Crippen LogP contribution in [0.1, 0.15) is 42.5 Å². The first-order chi connectivity index (χ1) is 12.1. The molecule has 0 unspecified atom stereocenters. The smallest absolute Gasteiger partial charge is 0.255 e. The zero-order chi connectivity index (χ0) is 17.8. The molecule has 1 heterocycles. The third kappa shape index (κ3) is 4.57. The second-order valence-electron chi connectivity index (χ2n) is 7.26. The maximum Gasteiger partial charge on any atom is 0.255 e. The van der Waals surface area contributed by atoms with Crippen LogP contribution in [0.5, 0.6) is 5.75 Å². The highest BCUT2D eigenvalue weighted by atomic mass is 16.5. The van der Waals surface area contributed by atoms with Gasteiger partial charge in [0.15, 0.2) is 0 Å². The Labute approximate surface area is 150 Å². The van der Waals surface area contributed by atoms with Crippen LogP contribution in [0.4, 0.5) is 11.4 Å². The van der Waals surface area contributed by atoms with E-state index in [4.69, 9.17) is 10.5 Å². The molecule has 1 saturated heterocycles. The molecule has 6 heteroatoms. The van der Waals surface area contributed by atoms with Crippen molar-refractivity contribution in [1.29, 1.82) is 0 Å². The van der Waals surface area contributed by atoms with Crippen molar-refractivity contribution in [3.63, 3.8) is 0 Å². The lowest BCUT2D eigenvalue weighted by Crippen LogP contribution is -2.43. The summed E-state index contributed by atoms with van der Waals surface area (Å²) >= 11 is 0. The molecule has 1 amide bonds. The van der Waals surface area contributed by atoms with E-state index in [1.165, 1.54) is 25.8 Å². The summed E-state index contributed by atoms with van der Waals surface area (Å²) in [6, 6.07) is 3.65. The summed E-state index contributed by atoms with van der Waals surface area (Å²) < 4.78 is 5.39. The molecule has 0 radical (unpaired) electrons. The van der Waals surface area contributed by atoms with Crippen LogP contribution in [-0.4, -0.2) is 50.6 Å².